The molecule has 1 aromatic heterocycles. The van der Waals surface area contributed by atoms with Gasteiger partial charge in [0.1, 0.15) is 6.61 Å². The molecule has 1 amide bonds. The van der Waals surface area contributed by atoms with Crippen LogP contribution in [0.1, 0.15) is 24.5 Å². The van der Waals surface area contributed by atoms with Gasteiger partial charge in [-0.25, -0.2) is 4.98 Å². The number of carbonyl (C=O) groups excluding carboxylic acids is 1. The third kappa shape index (κ3) is 3.91. The van der Waals surface area contributed by atoms with E-state index in [1.165, 1.54) is 0 Å². The number of carbonyl (C=O) groups is 1. The van der Waals surface area contributed by atoms with Crippen molar-refractivity contribution in [3.05, 3.63) is 47.4 Å². The number of hydrogen-bond acceptors (Lipinski definition) is 4. The highest BCUT2D eigenvalue weighted by molar-refractivity contribution is 6.30. The molecule has 0 bridgehead atoms. The second-order valence-corrected chi connectivity index (χ2v) is 6.39. The number of benzene rings is 1. The maximum absolute atomic E-state index is 12.1. The molecule has 1 aliphatic rings. The van der Waals surface area contributed by atoms with Gasteiger partial charge in [0.25, 0.3) is 0 Å². The minimum absolute atomic E-state index is 0.0288. The number of rotatable bonds is 4. The van der Waals surface area contributed by atoms with E-state index in [0.717, 1.165) is 36.3 Å². The lowest BCUT2D eigenvalue weighted by Crippen LogP contribution is -2.41. The molecule has 1 aliphatic heterocycles. The van der Waals surface area contributed by atoms with Crippen molar-refractivity contribution in [3.8, 4) is 11.3 Å². The van der Waals surface area contributed by atoms with Crippen molar-refractivity contribution in [2.24, 2.45) is 0 Å². The number of halogens is 1. The first-order valence-corrected chi connectivity index (χ1v) is 8.40. The summed E-state index contributed by atoms with van der Waals surface area (Å²) in [6, 6.07) is 7.58. The molecule has 0 N–H and O–H groups in total. The van der Waals surface area contributed by atoms with E-state index in [-0.39, 0.29) is 18.4 Å². The molecular formula is C18H20ClN3O2. The van der Waals surface area contributed by atoms with Crippen LogP contribution in [-0.4, -0.2) is 47.6 Å². The molecule has 3 rings (SSSR count). The Hall–Kier alpha value is -1.98. The van der Waals surface area contributed by atoms with Crippen molar-refractivity contribution < 1.29 is 9.53 Å². The summed E-state index contributed by atoms with van der Waals surface area (Å²) in [7, 11) is 1.54. The first kappa shape index (κ1) is 16.9. The van der Waals surface area contributed by atoms with Crippen molar-refractivity contribution >= 4 is 17.5 Å². The van der Waals surface area contributed by atoms with E-state index in [1.807, 2.05) is 29.2 Å². The van der Waals surface area contributed by atoms with Crippen LogP contribution in [0.25, 0.3) is 11.3 Å². The Morgan fingerprint density at radius 2 is 2.29 bits per heavy atom. The summed E-state index contributed by atoms with van der Waals surface area (Å²) in [4.78, 5) is 23.0. The Labute approximate surface area is 146 Å². The zero-order valence-electron chi connectivity index (χ0n) is 13.6. The van der Waals surface area contributed by atoms with E-state index < -0.39 is 0 Å². The fourth-order valence-corrected chi connectivity index (χ4v) is 3.21. The maximum atomic E-state index is 12.1. The minimum atomic E-state index is 0.0288. The van der Waals surface area contributed by atoms with Crippen LogP contribution in [0.5, 0.6) is 0 Å². The van der Waals surface area contributed by atoms with Crippen LogP contribution >= 0.6 is 11.6 Å². The molecule has 0 radical (unpaired) electrons. The van der Waals surface area contributed by atoms with E-state index in [0.29, 0.717) is 11.6 Å². The summed E-state index contributed by atoms with van der Waals surface area (Å²) in [5, 5.41) is 0.675. The maximum Gasteiger partial charge on any atom is 0.248 e. The lowest BCUT2D eigenvalue weighted by Gasteiger charge is -2.32. The molecule has 0 unspecified atom stereocenters. The third-order valence-electron chi connectivity index (χ3n) is 4.23. The number of nitrogens with zero attached hydrogens (tertiary/aromatic N) is 3. The third-order valence-corrected chi connectivity index (χ3v) is 4.47. The van der Waals surface area contributed by atoms with Gasteiger partial charge in [0.2, 0.25) is 5.91 Å². The standard InChI is InChI=1S/C18H20ClN3O2/c1-24-12-18(23)22-7-3-5-14(11-22)17-10-20-9-16(21-17)13-4-2-6-15(19)8-13/h2,4,6,8-10,14H,3,5,7,11-12H2,1H3/t14-/m0/s1. The van der Waals surface area contributed by atoms with E-state index in [2.05, 4.69) is 4.98 Å². The van der Waals surface area contributed by atoms with Crippen LogP contribution in [0.4, 0.5) is 0 Å². The highest BCUT2D eigenvalue weighted by Crippen LogP contribution is 2.27. The van der Waals surface area contributed by atoms with Crippen molar-refractivity contribution in [2.75, 3.05) is 26.8 Å². The van der Waals surface area contributed by atoms with Gasteiger partial charge in [-0.2, -0.15) is 0 Å². The van der Waals surface area contributed by atoms with Gasteiger partial charge >= 0.3 is 0 Å². The van der Waals surface area contributed by atoms with E-state index in [4.69, 9.17) is 21.3 Å². The second kappa shape index (κ2) is 7.73. The minimum Gasteiger partial charge on any atom is -0.375 e. The fourth-order valence-electron chi connectivity index (χ4n) is 3.02. The molecule has 126 valence electrons. The average Bonchev–Trinajstić information content (AvgIpc) is 2.62. The van der Waals surface area contributed by atoms with E-state index >= 15 is 0 Å². The Balaban J connectivity index is 1.79. The Bertz CT molecular complexity index is 723. The summed E-state index contributed by atoms with van der Waals surface area (Å²) >= 11 is 6.06. The smallest absolute Gasteiger partial charge is 0.248 e. The summed E-state index contributed by atoms with van der Waals surface area (Å²) in [6.07, 6.45) is 5.50. The number of methoxy groups -OCH3 is 1. The zero-order valence-corrected chi connectivity index (χ0v) is 14.4. The molecule has 0 saturated carbocycles. The SMILES string of the molecule is COCC(=O)N1CCC[C@H](c2cncc(-c3cccc(Cl)c3)n2)C1. The molecule has 1 aromatic carbocycles. The fraction of sp³-hybridized carbons (Fsp3) is 0.389. The monoisotopic (exact) mass is 345 g/mol. The molecule has 1 saturated heterocycles. The van der Waals surface area contributed by atoms with Crippen molar-refractivity contribution in [3.63, 3.8) is 0 Å². The lowest BCUT2D eigenvalue weighted by atomic mass is 9.94. The highest BCUT2D eigenvalue weighted by atomic mass is 35.5. The number of aromatic nitrogens is 2. The topological polar surface area (TPSA) is 55.3 Å². The van der Waals surface area contributed by atoms with Gasteiger partial charge in [0.05, 0.1) is 17.6 Å². The predicted octanol–water partition coefficient (Wildman–Crippen LogP) is 3.15. The van der Waals surface area contributed by atoms with Crippen LogP contribution in [-0.2, 0) is 9.53 Å². The Morgan fingerprint density at radius 1 is 1.42 bits per heavy atom. The summed E-state index contributed by atoms with van der Waals surface area (Å²) in [6.45, 7) is 1.57. The predicted molar refractivity (Wildman–Crippen MR) is 92.9 cm³/mol. The molecule has 1 atom stereocenters. The van der Waals surface area contributed by atoms with Crippen LogP contribution in [0.2, 0.25) is 5.02 Å². The molecule has 1 fully saturated rings. The average molecular weight is 346 g/mol. The quantitative estimate of drug-likeness (QED) is 0.854. The van der Waals surface area contributed by atoms with Gasteiger partial charge in [0.15, 0.2) is 0 Å². The van der Waals surface area contributed by atoms with Crippen molar-refractivity contribution in [1.29, 1.82) is 0 Å². The Morgan fingerprint density at radius 3 is 3.08 bits per heavy atom. The van der Waals surface area contributed by atoms with Gasteiger partial charge in [-0.15, -0.1) is 0 Å². The van der Waals surface area contributed by atoms with E-state index in [1.54, 1.807) is 19.5 Å². The van der Waals surface area contributed by atoms with Crippen LogP contribution < -0.4 is 0 Å². The van der Waals surface area contributed by atoms with Crippen LogP contribution in [0.3, 0.4) is 0 Å². The van der Waals surface area contributed by atoms with Crippen LogP contribution in [0, 0.1) is 0 Å². The van der Waals surface area contributed by atoms with Crippen LogP contribution in [0.15, 0.2) is 36.7 Å². The number of hydrogen-bond donors (Lipinski definition) is 0. The molecule has 5 nitrogen and oxygen atoms in total. The summed E-state index contributed by atoms with van der Waals surface area (Å²) in [5.74, 6) is 0.229. The number of likely N-dealkylation sites (tertiary alicyclic amines) is 1. The molecule has 2 aromatic rings. The second-order valence-electron chi connectivity index (χ2n) is 5.95. The molecule has 2 heterocycles. The molecule has 0 spiro atoms. The molecule has 6 heteroatoms. The molecule has 24 heavy (non-hydrogen) atoms. The zero-order chi connectivity index (χ0) is 16.9. The van der Waals surface area contributed by atoms with Gasteiger partial charge < -0.3 is 9.64 Å². The lowest BCUT2D eigenvalue weighted by molar-refractivity contribution is -0.136. The first-order valence-electron chi connectivity index (χ1n) is 8.02. The van der Waals surface area contributed by atoms with Gasteiger partial charge in [0, 0.05) is 42.9 Å². The normalized spacial score (nSPS) is 17.8. The van der Waals surface area contributed by atoms with Gasteiger partial charge in [-0.3, -0.25) is 9.78 Å². The number of ether oxygens (including phenoxy) is 1. The molecular weight excluding hydrogens is 326 g/mol. The highest BCUT2D eigenvalue weighted by Gasteiger charge is 2.25. The Kier molecular flexibility index (Phi) is 5.43. The first-order chi connectivity index (χ1) is 11.7. The molecule has 0 aliphatic carbocycles. The number of amides is 1. The number of piperidine rings is 1. The van der Waals surface area contributed by atoms with Crippen molar-refractivity contribution in [1.82, 2.24) is 14.9 Å². The largest absolute Gasteiger partial charge is 0.375 e. The van der Waals surface area contributed by atoms with Crippen molar-refractivity contribution in [2.45, 2.75) is 18.8 Å². The van der Waals surface area contributed by atoms with Gasteiger partial charge in [-0.05, 0) is 25.0 Å². The van der Waals surface area contributed by atoms with E-state index in [9.17, 15) is 4.79 Å². The summed E-state index contributed by atoms with van der Waals surface area (Å²) < 4.78 is 4.95. The van der Waals surface area contributed by atoms with Gasteiger partial charge in [-0.1, -0.05) is 23.7 Å². The summed E-state index contributed by atoms with van der Waals surface area (Å²) in [5.41, 5.74) is 2.66.